The fraction of sp³-hybridized carbons (Fsp3) is 0.917. The topological polar surface area (TPSA) is 41.1 Å². The van der Waals surface area contributed by atoms with Gasteiger partial charge in [0.15, 0.2) is 0 Å². The highest BCUT2D eigenvalue weighted by Gasteiger charge is 2.35. The van der Waals surface area contributed by atoms with Gasteiger partial charge in [0.1, 0.15) is 0 Å². The van der Waals surface area contributed by atoms with Crippen LogP contribution < -0.4 is 10.6 Å². The lowest BCUT2D eigenvalue weighted by Gasteiger charge is -2.34. The van der Waals surface area contributed by atoms with Gasteiger partial charge in [0.2, 0.25) is 5.91 Å². The Kier molecular flexibility index (Phi) is 4.14. The van der Waals surface area contributed by atoms with Gasteiger partial charge in [0.25, 0.3) is 0 Å². The fourth-order valence-corrected chi connectivity index (χ4v) is 3.51. The van der Waals surface area contributed by atoms with Crippen LogP contribution in [0.5, 0.6) is 0 Å². The first-order valence-electron chi connectivity index (χ1n) is 6.30. The van der Waals surface area contributed by atoms with Crippen molar-refractivity contribution < 1.29 is 4.79 Å². The monoisotopic (exact) mass is 242 g/mol. The summed E-state index contributed by atoms with van der Waals surface area (Å²) in [6.45, 7) is 4.07. The molecule has 0 radical (unpaired) electrons. The molecule has 2 N–H and O–H groups in total. The van der Waals surface area contributed by atoms with Gasteiger partial charge in [-0.3, -0.25) is 4.79 Å². The van der Waals surface area contributed by atoms with Gasteiger partial charge in [-0.25, -0.2) is 0 Å². The largest absolute Gasteiger partial charge is 0.353 e. The van der Waals surface area contributed by atoms with Crippen LogP contribution in [0.3, 0.4) is 0 Å². The van der Waals surface area contributed by atoms with Crippen molar-refractivity contribution in [3.63, 3.8) is 0 Å². The molecule has 2 aliphatic rings. The smallest absolute Gasteiger partial charge is 0.226 e. The lowest BCUT2D eigenvalue weighted by atomic mass is 9.80. The van der Waals surface area contributed by atoms with Gasteiger partial charge >= 0.3 is 0 Å². The minimum atomic E-state index is -0.129. The van der Waals surface area contributed by atoms with Crippen LogP contribution in [-0.4, -0.2) is 36.5 Å². The van der Waals surface area contributed by atoms with Gasteiger partial charge in [-0.05, 0) is 50.3 Å². The summed E-state index contributed by atoms with van der Waals surface area (Å²) in [5.74, 6) is 2.68. The third kappa shape index (κ3) is 2.92. The summed E-state index contributed by atoms with van der Waals surface area (Å²) >= 11 is 2.00. The fourth-order valence-electron chi connectivity index (χ4n) is 2.41. The van der Waals surface area contributed by atoms with E-state index in [0.717, 1.165) is 38.8 Å². The molecule has 0 saturated carbocycles. The second kappa shape index (κ2) is 5.41. The van der Waals surface area contributed by atoms with Crippen molar-refractivity contribution in [1.29, 1.82) is 0 Å². The summed E-state index contributed by atoms with van der Waals surface area (Å²) in [5.41, 5.74) is -0.129. The number of rotatable bonds is 2. The van der Waals surface area contributed by atoms with Crippen LogP contribution in [-0.2, 0) is 4.79 Å². The van der Waals surface area contributed by atoms with Gasteiger partial charge < -0.3 is 10.6 Å². The average molecular weight is 242 g/mol. The molecule has 16 heavy (non-hydrogen) atoms. The van der Waals surface area contributed by atoms with Crippen molar-refractivity contribution >= 4 is 17.7 Å². The molecule has 92 valence electrons. The first kappa shape index (κ1) is 12.2. The predicted molar refractivity (Wildman–Crippen MR) is 68.7 cm³/mol. The Morgan fingerprint density at radius 3 is 2.56 bits per heavy atom. The van der Waals surface area contributed by atoms with Gasteiger partial charge in [0, 0.05) is 11.5 Å². The van der Waals surface area contributed by atoms with Crippen LogP contribution in [0.25, 0.3) is 0 Å². The number of carbonyl (C=O) groups is 1. The SMILES string of the molecule is CC1(C(=O)NC2CCSCC2)CCNCC1. The summed E-state index contributed by atoms with van der Waals surface area (Å²) in [6, 6.07) is 0.431. The molecule has 2 saturated heterocycles. The van der Waals surface area contributed by atoms with Crippen molar-refractivity contribution in [2.75, 3.05) is 24.6 Å². The molecule has 2 rings (SSSR count). The molecular formula is C12H22N2OS. The predicted octanol–water partition coefficient (Wildman–Crippen LogP) is 1.39. The molecule has 0 aromatic rings. The molecule has 0 aromatic heterocycles. The van der Waals surface area contributed by atoms with E-state index >= 15 is 0 Å². The highest BCUT2D eigenvalue weighted by atomic mass is 32.2. The van der Waals surface area contributed by atoms with Gasteiger partial charge in [-0.15, -0.1) is 0 Å². The van der Waals surface area contributed by atoms with Crippen molar-refractivity contribution in [1.82, 2.24) is 10.6 Å². The van der Waals surface area contributed by atoms with E-state index in [1.54, 1.807) is 0 Å². The maximum absolute atomic E-state index is 12.2. The molecule has 0 bridgehead atoms. The zero-order chi connectivity index (χ0) is 11.4. The lowest BCUT2D eigenvalue weighted by molar-refractivity contribution is -0.132. The molecule has 3 nitrogen and oxygen atoms in total. The van der Waals surface area contributed by atoms with E-state index in [1.165, 1.54) is 11.5 Å². The Hall–Kier alpha value is -0.220. The zero-order valence-corrected chi connectivity index (χ0v) is 10.9. The van der Waals surface area contributed by atoms with Crippen LogP contribution in [0.2, 0.25) is 0 Å². The molecule has 4 heteroatoms. The summed E-state index contributed by atoms with van der Waals surface area (Å²) < 4.78 is 0. The van der Waals surface area contributed by atoms with E-state index < -0.39 is 0 Å². The molecule has 0 unspecified atom stereocenters. The van der Waals surface area contributed by atoms with Crippen LogP contribution in [0.4, 0.5) is 0 Å². The molecule has 0 aromatic carbocycles. The quantitative estimate of drug-likeness (QED) is 0.769. The standard InChI is InChI=1S/C12H22N2OS/c1-12(4-6-13-7-5-12)11(15)14-10-2-8-16-9-3-10/h10,13H,2-9H2,1H3,(H,14,15). The van der Waals surface area contributed by atoms with Crippen molar-refractivity contribution in [3.8, 4) is 0 Å². The Labute approximate surface area is 102 Å². The second-order valence-electron chi connectivity index (χ2n) is 5.17. The third-order valence-electron chi connectivity index (χ3n) is 3.81. The van der Waals surface area contributed by atoms with E-state index in [1.807, 2.05) is 11.8 Å². The molecule has 0 atom stereocenters. The number of amides is 1. The summed E-state index contributed by atoms with van der Waals surface area (Å²) in [7, 11) is 0. The van der Waals surface area contributed by atoms with Crippen LogP contribution in [0, 0.1) is 5.41 Å². The van der Waals surface area contributed by atoms with Gasteiger partial charge in [-0.2, -0.15) is 11.8 Å². The maximum atomic E-state index is 12.2. The molecule has 2 heterocycles. The van der Waals surface area contributed by atoms with Crippen LogP contribution in [0.15, 0.2) is 0 Å². The average Bonchev–Trinajstić information content (AvgIpc) is 2.31. The Morgan fingerprint density at radius 2 is 1.94 bits per heavy atom. The summed E-state index contributed by atoms with van der Waals surface area (Å²) in [5, 5.41) is 6.56. The van der Waals surface area contributed by atoms with Crippen LogP contribution >= 0.6 is 11.8 Å². The second-order valence-corrected chi connectivity index (χ2v) is 6.40. The summed E-state index contributed by atoms with van der Waals surface area (Å²) in [6.07, 6.45) is 4.23. The first-order chi connectivity index (χ1) is 7.71. The molecule has 2 aliphatic heterocycles. The molecule has 2 fully saturated rings. The number of hydrogen-bond acceptors (Lipinski definition) is 3. The number of piperidine rings is 1. The third-order valence-corrected chi connectivity index (χ3v) is 4.86. The number of carbonyl (C=O) groups excluding carboxylic acids is 1. The number of thioether (sulfide) groups is 1. The van der Waals surface area contributed by atoms with E-state index in [0.29, 0.717) is 6.04 Å². The minimum absolute atomic E-state index is 0.129. The Morgan fingerprint density at radius 1 is 1.31 bits per heavy atom. The summed E-state index contributed by atoms with van der Waals surface area (Å²) in [4.78, 5) is 12.2. The van der Waals surface area contributed by atoms with E-state index in [9.17, 15) is 4.79 Å². The van der Waals surface area contributed by atoms with Crippen molar-refractivity contribution in [2.45, 2.75) is 38.6 Å². The van der Waals surface area contributed by atoms with Crippen LogP contribution in [0.1, 0.15) is 32.6 Å². The maximum Gasteiger partial charge on any atom is 0.226 e. The normalized spacial score (nSPS) is 26.3. The van der Waals surface area contributed by atoms with E-state index in [4.69, 9.17) is 0 Å². The minimum Gasteiger partial charge on any atom is -0.353 e. The highest BCUT2D eigenvalue weighted by molar-refractivity contribution is 7.99. The number of nitrogens with one attached hydrogen (secondary N) is 2. The molecule has 0 spiro atoms. The van der Waals surface area contributed by atoms with E-state index in [-0.39, 0.29) is 11.3 Å². The highest BCUT2D eigenvalue weighted by Crippen LogP contribution is 2.29. The number of hydrogen-bond donors (Lipinski definition) is 2. The van der Waals surface area contributed by atoms with E-state index in [2.05, 4.69) is 17.6 Å². The molecule has 0 aliphatic carbocycles. The van der Waals surface area contributed by atoms with Crippen molar-refractivity contribution in [3.05, 3.63) is 0 Å². The lowest BCUT2D eigenvalue weighted by Crippen LogP contribution is -2.49. The first-order valence-corrected chi connectivity index (χ1v) is 7.46. The Bertz CT molecular complexity index is 245. The Balaban J connectivity index is 1.85. The van der Waals surface area contributed by atoms with Gasteiger partial charge in [0.05, 0.1) is 0 Å². The van der Waals surface area contributed by atoms with Crippen molar-refractivity contribution in [2.24, 2.45) is 5.41 Å². The molecular weight excluding hydrogens is 220 g/mol. The van der Waals surface area contributed by atoms with Gasteiger partial charge in [-0.1, -0.05) is 6.92 Å². The zero-order valence-electron chi connectivity index (χ0n) is 10.1. The molecule has 1 amide bonds.